The maximum atomic E-state index is 11.6. The Kier molecular flexibility index (Phi) is 3.69. The molecular weight excluding hydrogens is 335 g/mol. The molecule has 3 nitrogen and oxygen atoms in total. The zero-order valence-corrected chi connectivity index (χ0v) is 13.1. The van der Waals surface area contributed by atoms with Crippen LogP contribution >= 0.6 is 46.3 Å². The van der Waals surface area contributed by atoms with Crippen LogP contribution in [0, 0.1) is 0 Å². The fourth-order valence-corrected chi connectivity index (χ4v) is 4.39. The molecule has 1 amide bonds. The van der Waals surface area contributed by atoms with Crippen molar-refractivity contribution < 1.29 is 4.79 Å². The average Bonchev–Trinajstić information content (AvgIpc) is 2.96. The lowest BCUT2D eigenvalue weighted by Crippen LogP contribution is -2.12. The molecule has 0 radical (unpaired) electrons. The lowest BCUT2D eigenvalue weighted by atomic mass is 10.4. The van der Waals surface area contributed by atoms with Crippen LogP contribution in [0.15, 0.2) is 39.4 Å². The van der Waals surface area contributed by atoms with Gasteiger partial charge >= 0.3 is 0 Å². The SMILES string of the molecule is NC(=O)c1[nH]c2ccsc2c1Sc1cc(Cl)ccc1Cl. The molecule has 3 N–H and O–H groups in total. The van der Waals surface area contributed by atoms with Gasteiger partial charge in [0.05, 0.1) is 20.1 Å². The smallest absolute Gasteiger partial charge is 0.266 e. The van der Waals surface area contributed by atoms with Crippen LogP contribution in [0.3, 0.4) is 0 Å². The van der Waals surface area contributed by atoms with Gasteiger partial charge in [0.2, 0.25) is 0 Å². The molecule has 1 aromatic carbocycles. The van der Waals surface area contributed by atoms with Crippen molar-refractivity contribution in [1.82, 2.24) is 4.98 Å². The maximum Gasteiger partial charge on any atom is 0.266 e. The van der Waals surface area contributed by atoms with Crippen molar-refractivity contribution in [2.24, 2.45) is 5.73 Å². The topological polar surface area (TPSA) is 58.9 Å². The van der Waals surface area contributed by atoms with Crippen LogP contribution < -0.4 is 5.73 Å². The first-order chi connectivity index (χ1) is 9.56. The fraction of sp³-hybridized carbons (Fsp3) is 0. The molecular formula is C13H8Cl2N2OS2. The van der Waals surface area contributed by atoms with Gasteiger partial charge < -0.3 is 10.7 Å². The summed E-state index contributed by atoms with van der Waals surface area (Å²) in [6.45, 7) is 0. The Balaban J connectivity index is 2.13. The summed E-state index contributed by atoms with van der Waals surface area (Å²) in [7, 11) is 0. The number of thiophene rings is 1. The van der Waals surface area contributed by atoms with Crippen LogP contribution in [0.1, 0.15) is 10.5 Å². The molecule has 0 spiro atoms. The Bertz CT molecular complexity index is 810. The molecule has 0 aliphatic heterocycles. The number of primary amides is 1. The van der Waals surface area contributed by atoms with Crippen molar-refractivity contribution in [2.75, 3.05) is 0 Å². The molecule has 0 atom stereocenters. The summed E-state index contributed by atoms with van der Waals surface area (Å²) < 4.78 is 0.986. The second-order valence-electron chi connectivity index (χ2n) is 4.03. The number of nitrogens with one attached hydrogen (secondary N) is 1. The Morgan fingerprint density at radius 3 is 2.85 bits per heavy atom. The highest BCUT2D eigenvalue weighted by atomic mass is 35.5. The summed E-state index contributed by atoms with van der Waals surface area (Å²) in [5.74, 6) is -0.492. The molecule has 7 heteroatoms. The van der Waals surface area contributed by atoms with Crippen LogP contribution in [0.5, 0.6) is 0 Å². The van der Waals surface area contributed by atoms with Gasteiger partial charge in [-0.3, -0.25) is 4.79 Å². The fourth-order valence-electron chi connectivity index (χ4n) is 1.82. The number of rotatable bonds is 3. The van der Waals surface area contributed by atoms with Gasteiger partial charge in [0, 0.05) is 9.92 Å². The number of H-pyrrole nitrogens is 1. The number of amides is 1. The third-order valence-electron chi connectivity index (χ3n) is 2.71. The third kappa shape index (κ3) is 2.42. The second-order valence-corrected chi connectivity index (χ2v) is 6.85. The van der Waals surface area contributed by atoms with Crippen molar-refractivity contribution in [2.45, 2.75) is 9.79 Å². The number of carbonyl (C=O) groups is 1. The summed E-state index contributed by atoms with van der Waals surface area (Å²) in [4.78, 5) is 16.2. The highest BCUT2D eigenvalue weighted by Gasteiger charge is 2.18. The number of benzene rings is 1. The number of hydrogen-bond donors (Lipinski definition) is 2. The highest BCUT2D eigenvalue weighted by molar-refractivity contribution is 8.00. The number of fused-ring (bicyclic) bond motifs is 1. The normalized spacial score (nSPS) is 11.1. The zero-order valence-electron chi connectivity index (χ0n) is 9.94. The summed E-state index contributed by atoms with van der Waals surface area (Å²) in [6.07, 6.45) is 0. The first-order valence-electron chi connectivity index (χ1n) is 5.58. The van der Waals surface area contributed by atoms with Crippen molar-refractivity contribution in [3.05, 3.63) is 45.4 Å². The number of halogens is 2. The molecule has 0 bridgehead atoms. The van der Waals surface area contributed by atoms with Crippen LogP contribution in [0.2, 0.25) is 10.0 Å². The lowest BCUT2D eigenvalue weighted by Gasteiger charge is -2.05. The minimum Gasteiger partial charge on any atom is -0.364 e. The molecule has 20 heavy (non-hydrogen) atoms. The van der Waals surface area contributed by atoms with Gasteiger partial charge in [-0.2, -0.15) is 0 Å². The molecule has 102 valence electrons. The van der Waals surface area contributed by atoms with E-state index in [0.29, 0.717) is 15.7 Å². The number of aromatic amines is 1. The van der Waals surface area contributed by atoms with Gasteiger partial charge in [-0.1, -0.05) is 35.0 Å². The van der Waals surface area contributed by atoms with Crippen molar-refractivity contribution in [3.8, 4) is 0 Å². The van der Waals surface area contributed by atoms with E-state index in [9.17, 15) is 4.79 Å². The molecule has 3 aromatic rings. The molecule has 0 saturated heterocycles. The van der Waals surface area contributed by atoms with E-state index in [4.69, 9.17) is 28.9 Å². The third-order valence-corrected chi connectivity index (χ3v) is 5.62. The van der Waals surface area contributed by atoms with Crippen LogP contribution in [0.25, 0.3) is 10.2 Å². The molecule has 0 saturated carbocycles. The van der Waals surface area contributed by atoms with Crippen molar-refractivity contribution in [1.29, 1.82) is 0 Å². The van der Waals surface area contributed by atoms with Gasteiger partial charge in [0.25, 0.3) is 5.91 Å². The summed E-state index contributed by atoms with van der Waals surface area (Å²) >= 11 is 15.1. The minimum absolute atomic E-state index is 0.396. The Hall–Kier alpha value is -1.14. The molecule has 0 unspecified atom stereocenters. The Morgan fingerprint density at radius 2 is 2.10 bits per heavy atom. The maximum absolute atomic E-state index is 11.6. The standard InChI is InChI=1S/C13H8Cl2N2OS2/c14-6-1-2-7(15)9(5-6)20-12-10(13(16)18)17-8-3-4-19-11(8)12/h1-5,17H,(H2,16,18). The van der Waals surface area contributed by atoms with Gasteiger partial charge in [0.15, 0.2) is 0 Å². The number of nitrogens with two attached hydrogens (primary N) is 1. The van der Waals surface area contributed by atoms with Gasteiger partial charge in [0.1, 0.15) is 5.69 Å². The van der Waals surface area contributed by atoms with E-state index in [2.05, 4.69) is 4.98 Å². The molecule has 2 aromatic heterocycles. The van der Waals surface area contributed by atoms with Crippen LogP contribution in [-0.2, 0) is 0 Å². The van der Waals surface area contributed by atoms with E-state index in [1.165, 1.54) is 11.8 Å². The van der Waals surface area contributed by atoms with E-state index < -0.39 is 5.91 Å². The quantitative estimate of drug-likeness (QED) is 0.719. The van der Waals surface area contributed by atoms with E-state index in [-0.39, 0.29) is 0 Å². The van der Waals surface area contributed by atoms with Gasteiger partial charge in [-0.15, -0.1) is 11.3 Å². The second kappa shape index (κ2) is 5.33. The molecule has 0 fully saturated rings. The van der Waals surface area contributed by atoms with Crippen LogP contribution in [0.4, 0.5) is 0 Å². The number of hydrogen-bond acceptors (Lipinski definition) is 3. The lowest BCUT2D eigenvalue weighted by molar-refractivity contribution is 0.0993. The summed E-state index contributed by atoms with van der Waals surface area (Å²) in [6, 6.07) is 7.14. The van der Waals surface area contributed by atoms with E-state index in [0.717, 1.165) is 20.0 Å². The predicted octanol–water partition coefficient (Wildman–Crippen LogP) is 4.79. The predicted molar refractivity (Wildman–Crippen MR) is 85.3 cm³/mol. The average molecular weight is 343 g/mol. The first-order valence-corrected chi connectivity index (χ1v) is 8.03. The van der Waals surface area contributed by atoms with E-state index >= 15 is 0 Å². The van der Waals surface area contributed by atoms with Crippen molar-refractivity contribution in [3.63, 3.8) is 0 Å². The number of carbonyl (C=O) groups excluding carboxylic acids is 1. The summed E-state index contributed by atoms with van der Waals surface area (Å²) in [5.41, 5.74) is 6.71. The zero-order chi connectivity index (χ0) is 14.3. The highest BCUT2D eigenvalue weighted by Crippen LogP contribution is 2.42. The Morgan fingerprint density at radius 1 is 1.30 bits per heavy atom. The Labute approximate surface area is 133 Å². The number of aromatic nitrogens is 1. The van der Waals surface area contributed by atoms with Gasteiger partial charge in [-0.25, -0.2) is 0 Å². The molecule has 3 rings (SSSR count). The van der Waals surface area contributed by atoms with Gasteiger partial charge in [-0.05, 0) is 29.6 Å². The molecule has 0 aliphatic carbocycles. The van der Waals surface area contributed by atoms with Crippen molar-refractivity contribution >= 4 is 62.4 Å². The molecule has 2 heterocycles. The molecule has 0 aliphatic rings. The monoisotopic (exact) mass is 342 g/mol. The first kappa shape index (κ1) is 13.8. The largest absolute Gasteiger partial charge is 0.364 e. The van der Waals surface area contributed by atoms with E-state index in [1.807, 2.05) is 11.4 Å². The van der Waals surface area contributed by atoms with E-state index in [1.54, 1.807) is 29.5 Å². The minimum atomic E-state index is -0.492. The van der Waals surface area contributed by atoms with Crippen LogP contribution in [-0.4, -0.2) is 10.9 Å². The summed E-state index contributed by atoms with van der Waals surface area (Å²) in [5, 5.41) is 3.13.